The number of ether oxygens (including phenoxy) is 1. The van der Waals surface area contributed by atoms with Crippen molar-refractivity contribution in [1.29, 1.82) is 0 Å². The average molecular weight is 233 g/mol. The zero-order chi connectivity index (χ0) is 12.4. The Morgan fingerprint density at radius 2 is 2.18 bits per heavy atom. The summed E-state index contributed by atoms with van der Waals surface area (Å²) in [4.78, 5) is 23.0. The van der Waals surface area contributed by atoms with Gasteiger partial charge < -0.3 is 14.9 Å². The summed E-state index contributed by atoms with van der Waals surface area (Å²) in [5.41, 5.74) is 5.70. The van der Waals surface area contributed by atoms with E-state index in [1.807, 2.05) is 0 Å². The highest BCUT2D eigenvalue weighted by Gasteiger charge is 2.14. The first-order valence-corrected chi connectivity index (χ1v) is 5.12. The molecule has 0 atom stereocenters. The van der Waals surface area contributed by atoms with Crippen LogP contribution in [0, 0.1) is 0 Å². The molecule has 88 valence electrons. The number of carbonyl (C=O) groups excluding carboxylic acids is 1. The SMILES string of the molecule is CCOC(=O)c1cc2cc(N)ccc2oc1=O. The van der Waals surface area contributed by atoms with Gasteiger partial charge in [-0.2, -0.15) is 0 Å². The molecule has 2 N–H and O–H groups in total. The van der Waals surface area contributed by atoms with Gasteiger partial charge in [0.25, 0.3) is 0 Å². The third-order valence-corrected chi connectivity index (χ3v) is 2.25. The smallest absolute Gasteiger partial charge is 0.351 e. The zero-order valence-electron chi connectivity index (χ0n) is 9.23. The van der Waals surface area contributed by atoms with E-state index in [-0.39, 0.29) is 12.2 Å². The van der Waals surface area contributed by atoms with Crippen molar-refractivity contribution in [2.75, 3.05) is 12.3 Å². The van der Waals surface area contributed by atoms with Crippen LogP contribution in [-0.4, -0.2) is 12.6 Å². The van der Waals surface area contributed by atoms with Gasteiger partial charge in [0.2, 0.25) is 0 Å². The Morgan fingerprint density at radius 1 is 1.41 bits per heavy atom. The Hall–Kier alpha value is -2.30. The highest BCUT2D eigenvalue weighted by atomic mass is 16.5. The number of hydrogen-bond acceptors (Lipinski definition) is 5. The van der Waals surface area contributed by atoms with Crippen LogP contribution in [0.2, 0.25) is 0 Å². The first kappa shape index (κ1) is 11.2. The van der Waals surface area contributed by atoms with Crippen LogP contribution in [0.4, 0.5) is 5.69 Å². The molecule has 5 heteroatoms. The fourth-order valence-electron chi connectivity index (χ4n) is 1.49. The maximum Gasteiger partial charge on any atom is 0.351 e. The second-order valence-corrected chi connectivity index (χ2v) is 3.47. The Balaban J connectivity index is 2.61. The third kappa shape index (κ3) is 2.13. The monoisotopic (exact) mass is 233 g/mol. The third-order valence-electron chi connectivity index (χ3n) is 2.25. The van der Waals surface area contributed by atoms with Gasteiger partial charge in [0.15, 0.2) is 0 Å². The molecule has 0 aliphatic heterocycles. The lowest BCUT2D eigenvalue weighted by atomic mass is 10.1. The summed E-state index contributed by atoms with van der Waals surface area (Å²) < 4.78 is 9.76. The summed E-state index contributed by atoms with van der Waals surface area (Å²) >= 11 is 0. The minimum atomic E-state index is -0.708. The maximum atomic E-state index is 11.5. The molecule has 1 aromatic heterocycles. The quantitative estimate of drug-likeness (QED) is 0.483. The van der Waals surface area contributed by atoms with Crippen LogP contribution in [0.15, 0.2) is 33.5 Å². The molecule has 0 radical (unpaired) electrons. The van der Waals surface area contributed by atoms with E-state index < -0.39 is 11.6 Å². The van der Waals surface area contributed by atoms with Gasteiger partial charge in [-0.15, -0.1) is 0 Å². The minimum absolute atomic E-state index is 0.120. The second kappa shape index (κ2) is 4.29. The van der Waals surface area contributed by atoms with Gasteiger partial charge in [0.1, 0.15) is 11.1 Å². The number of esters is 1. The Bertz CT molecular complexity index is 630. The number of nitrogen functional groups attached to an aromatic ring is 1. The molecule has 1 aromatic carbocycles. The normalized spacial score (nSPS) is 10.4. The van der Waals surface area contributed by atoms with Gasteiger partial charge >= 0.3 is 11.6 Å². The van der Waals surface area contributed by atoms with Crippen molar-refractivity contribution >= 4 is 22.6 Å². The van der Waals surface area contributed by atoms with Crippen molar-refractivity contribution in [3.8, 4) is 0 Å². The molecule has 1 heterocycles. The van der Waals surface area contributed by atoms with Gasteiger partial charge in [-0.1, -0.05) is 0 Å². The standard InChI is InChI=1S/C12H11NO4/c1-2-16-11(14)9-6-7-5-8(13)3-4-10(7)17-12(9)15/h3-6H,2,13H2,1H3. The molecule has 2 aromatic rings. The van der Waals surface area contributed by atoms with Gasteiger partial charge in [0, 0.05) is 11.1 Å². The summed E-state index contributed by atoms with van der Waals surface area (Å²) in [5, 5.41) is 0.590. The lowest BCUT2D eigenvalue weighted by molar-refractivity contribution is 0.0522. The van der Waals surface area contributed by atoms with E-state index in [4.69, 9.17) is 14.9 Å². The van der Waals surface area contributed by atoms with Gasteiger partial charge in [0.05, 0.1) is 6.61 Å². The predicted octanol–water partition coefficient (Wildman–Crippen LogP) is 1.55. The molecule has 0 unspecified atom stereocenters. The van der Waals surface area contributed by atoms with Crippen molar-refractivity contribution in [3.05, 3.63) is 40.2 Å². The van der Waals surface area contributed by atoms with Crippen molar-refractivity contribution in [2.24, 2.45) is 0 Å². The van der Waals surface area contributed by atoms with E-state index in [9.17, 15) is 9.59 Å². The lowest BCUT2D eigenvalue weighted by Gasteiger charge is -2.02. The molecule has 2 rings (SSSR count). The van der Waals surface area contributed by atoms with E-state index in [0.717, 1.165) is 0 Å². The van der Waals surface area contributed by atoms with Crippen LogP contribution >= 0.6 is 0 Å². The first-order valence-electron chi connectivity index (χ1n) is 5.12. The number of nitrogens with two attached hydrogens (primary N) is 1. The topological polar surface area (TPSA) is 82.5 Å². The van der Waals surface area contributed by atoms with Crippen LogP contribution in [0.25, 0.3) is 11.0 Å². The van der Waals surface area contributed by atoms with Crippen LogP contribution < -0.4 is 11.4 Å². The molecule has 17 heavy (non-hydrogen) atoms. The summed E-state index contributed by atoms with van der Waals surface area (Å²) in [5.74, 6) is -0.689. The predicted molar refractivity (Wildman–Crippen MR) is 62.9 cm³/mol. The summed E-state index contributed by atoms with van der Waals surface area (Å²) in [6.07, 6.45) is 0. The number of rotatable bonds is 2. The number of carbonyl (C=O) groups is 1. The fourth-order valence-corrected chi connectivity index (χ4v) is 1.49. The maximum absolute atomic E-state index is 11.5. The highest BCUT2D eigenvalue weighted by molar-refractivity contribution is 5.93. The number of hydrogen-bond donors (Lipinski definition) is 1. The van der Waals surface area contributed by atoms with E-state index >= 15 is 0 Å². The Labute approximate surface area is 96.8 Å². The Morgan fingerprint density at radius 3 is 2.88 bits per heavy atom. The highest BCUT2D eigenvalue weighted by Crippen LogP contribution is 2.17. The molecule has 0 spiro atoms. The zero-order valence-corrected chi connectivity index (χ0v) is 9.23. The fraction of sp³-hybridized carbons (Fsp3) is 0.167. The Kier molecular flexibility index (Phi) is 2.82. The van der Waals surface area contributed by atoms with Crippen molar-refractivity contribution in [1.82, 2.24) is 0 Å². The van der Waals surface area contributed by atoms with E-state index in [0.29, 0.717) is 16.7 Å². The van der Waals surface area contributed by atoms with Crippen molar-refractivity contribution < 1.29 is 13.9 Å². The van der Waals surface area contributed by atoms with Crippen LogP contribution in [0.5, 0.6) is 0 Å². The molecule has 0 amide bonds. The molecule has 5 nitrogen and oxygen atoms in total. The molecular weight excluding hydrogens is 222 g/mol. The van der Waals surface area contributed by atoms with Crippen LogP contribution in [0.1, 0.15) is 17.3 Å². The lowest BCUT2D eigenvalue weighted by Crippen LogP contribution is -2.16. The summed E-state index contributed by atoms with van der Waals surface area (Å²) in [6, 6.07) is 6.26. The van der Waals surface area contributed by atoms with Gasteiger partial charge in [-0.05, 0) is 31.2 Å². The van der Waals surface area contributed by atoms with Gasteiger partial charge in [-0.25, -0.2) is 9.59 Å². The average Bonchev–Trinajstić information content (AvgIpc) is 2.29. The molecule has 0 saturated carbocycles. The first-order chi connectivity index (χ1) is 8.11. The molecule has 0 aliphatic carbocycles. The number of fused-ring (bicyclic) bond motifs is 1. The number of benzene rings is 1. The molecule has 0 aliphatic rings. The van der Waals surface area contributed by atoms with E-state index in [2.05, 4.69) is 0 Å². The molecule has 0 saturated heterocycles. The van der Waals surface area contributed by atoms with E-state index in [1.165, 1.54) is 6.07 Å². The van der Waals surface area contributed by atoms with E-state index in [1.54, 1.807) is 25.1 Å². The van der Waals surface area contributed by atoms with Crippen molar-refractivity contribution in [3.63, 3.8) is 0 Å². The minimum Gasteiger partial charge on any atom is -0.462 e. The largest absolute Gasteiger partial charge is 0.462 e. The molecule has 0 fully saturated rings. The molecule has 0 bridgehead atoms. The van der Waals surface area contributed by atoms with Crippen LogP contribution in [0.3, 0.4) is 0 Å². The van der Waals surface area contributed by atoms with Gasteiger partial charge in [-0.3, -0.25) is 0 Å². The second-order valence-electron chi connectivity index (χ2n) is 3.47. The summed E-state index contributed by atoms with van der Waals surface area (Å²) in [7, 11) is 0. The summed E-state index contributed by atoms with van der Waals surface area (Å²) in [6.45, 7) is 1.87. The number of anilines is 1. The van der Waals surface area contributed by atoms with Crippen molar-refractivity contribution in [2.45, 2.75) is 6.92 Å². The molecular formula is C12H11NO4. The van der Waals surface area contributed by atoms with Crippen LogP contribution in [-0.2, 0) is 4.74 Å².